The number of nitrogen functional groups attached to an aromatic ring is 1. The molecule has 0 aromatic heterocycles. The number of carbonyl (C=O) groups excluding carboxylic acids is 1. The van der Waals surface area contributed by atoms with Gasteiger partial charge in [-0.2, -0.15) is 0 Å². The number of ketones is 1. The fourth-order valence-corrected chi connectivity index (χ4v) is 2.87. The summed E-state index contributed by atoms with van der Waals surface area (Å²) in [7, 11) is 0. The lowest BCUT2D eigenvalue weighted by Gasteiger charge is -2.12. The van der Waals surface area contributed by atoms with Crippen molar-refractivity contribution in [3.05, 3.63) is 62.1 Å². The van der Waals surface area contributed by atoms with Crippen molar-refractivity contribution in [2.75, 3.05) is 5.73 Å². The summed E-state index contributed by atoms with van der Waals surface area (Å²) in [5.74, 6) is -0.154. The molecule has 0 saturated heterocycles. The Hall–Kier alpha value is -1.51. The quantitative estimate of drug-likeness (QED) is 0.643. The molecular weight excluding hydrogens is 293 g/mol. The Balaban J connectivity index is 2.64. The smallest absolute Gasteiger partial charge is 0.195 e. The van der Waals surface area contributed by atoms with Crippen LogP contribution in [0.3, 0.4) is 0 Å². The van der Waals surface area contributed by atoms with Gasteiger partial charge in [0.15, 0.2) is 5.78 Å². The lowest BCUT2D eigenvalue weighted by Crippen LogP contribution is -2.08. The Kier molecular flexibility index (Phi) is 4.07. The molecule has 0 spiro atoms. The van der Waals surface area contributed by atoms with Crippen molar-refractivity contribution in [1.82, 2.24) is 0 Å². The van der Waals surface area contributed by atoms with E-state index in [1.54, 1.807) is 6.07 Å². The van der Waals surface area contributed by atoms with Crippen LogP contribution in [0.25, 0.3) is 0 Å². The van der Waals surface area contributed by atoms with Gasteiger partial charge in [0.2, 0.25) is 0 Å². The normalized spacial score (nSPS) is 10.7. The van der Waals surface area contributed by atoms with Crippen molar-refractivity contribution in [1.29, 1.82) is 0 Å². The SMILES string of the molecule is Cc1cc(C)c(C(=O)c2cc(N)cc(Cl)c2Cl)c(C)c1. The minimum Gasteiger partial charge on any atom is -0.399 e. The average Bonchev–Trinajstić information content (AvgIpc) is 2.32. The van der Waals surface area contributed by atoms with E-state index in [0.29, 0.717) is 16.8 Å². The third kappa shape index (κ3) is 2.67. The predicted molar refractivity (Wildman–Crippen MR) is 85.0 cm³/mol. The Bertz CT molecular complexity index is 685. The molecule has 0 amide bonds. The number of hydrogen-bond acceptors (Lipinski definition) is 2. The molecule has 4 heteroatoms. The van der Waals surface area contributed by atoms with Gasteiger partial charge in [0, 0.05) is 16.8 Å². The van der Waals surface area contributed by atoms with E-state index in [1.807, 2.05) is 32.9 Å². The molecule has 2 aromatic carbocycles. The molecule has 0 aliphatic rings. The van der Waals surface area contributed by atoms with Gasteiger partial charge >= 0.3 is 0 Å². The largest absolute Gasteiger partial charge is 0.399 e. The van der Waals surface area contributed by atoms with Gasteiger partial charge in [-0.05, 0) is 44.0 Å². The van der Waals surface area contributed by atoms with E-state index in [0.717, 1.165) is 16.7 Å². The third-order valence-corrected chi connectivity index (χ3v) is 4.00. The molecule has 0 radical (unpaired) electrons. The van der Waals surface area contributed by atoms with E-state index < -0.39 is 0 Å². The lowest BCUT2D eigenvalue weighted by molar-refractivity contribution is 0.103. The van der Waals surface area contributed by atoms with Crippen molar-refractivity contribution < 1.29 is 4.79 Å². The number of anilines is 1. The average molecular weight is 308 g/mol. The summed E-state index contributed by atoms with van der Waals surface area (Å²) in [5.41, 5.74) is 10.1. The maximum Gasteiger partial charge on any atom is 0.195 e. The molecule has 0 aliphatic heterocycles. The van der Waals surface area contributed by atoms with Crippen molar-refractivity contribution >= 4 is 34.7 Å². The second-order valence-corrected chi connectivity index (χ2v) is 5.75. The van der Waals surface area contributed by atoms with Crippen LogP contribution >= 0.6 is 23.2 Å². The van der Waals surface area contributed by atoms with Gasteiger partial charge in [0.1, 0.15) is 0 Å². The number of halogens is 2. The Morgan fingerprint density at radius 3 is 2.10 bits per heavy atom. The molecule has 0 aliphatic carbocycles. The topological polar surface area (TPSA) is 43.1 Å². The second kappa shape index (κ2) is 5.47. The number of nitrogens with two attached hydrogens (primary N) is 1. The molecule has 0 unspecified atom stereocenters. The summed E-state index contributed by atoms with van der Waals surface area (Å²) < 4.78 is 0. The highest BCUT2D eigenvalue weighted by Crippen LogP contribution is 2.31. The van der Waals surface area contributed by atoms with Crippen molar-refractivity contribution in [3.63, 3.8) is 0 Å². The maximum absolute atomic E-state index is 12.7. The summed E-state index contributed by atoms with van der Waals surface area (Å²) in [6.07, 6.45) is 0. The van der Waals surface area contributed by atoms with Crippen LogP contribution in [0.1, 0.15) is 32.6 Å². The minimum atomic E-state index is -0.154. The van der Waals surface area contributed by atoms with Crippen LogP contribution in [0.4, 0.5) is 5.69 Å². The Labute approximate surface area is 128 Å². The zero-order valence-electron chi connectivity index (χ0n) is 11.6. The molecular formula is C16H15Cl2NO. The molecule has 104 valence electrons. The monoisotopic (exact) mass is 307 g/mol. The molecule has 0 fully saturated rings. The number of aryl methyl sites for hydroxylation is 3. The first kappa shape index (κ1) is 14.9. The fraction of sp³-hybridized carbons (Fsp3) is 0.188. The molecule has 2 nitrogen and oxygen atoms in total. The molecule has 2 N–H and O–H groups in total. The van der Waals surface area contributed by atoms with Crippen molar-refractivity contribution in [2.24, 2.45) is 0 Å². The van der Waals surface area contributed by atoms with Crippen molar-refractivity contribution in [3.8, 4) is 0 Å². The molecule has 0 atom stereocenters. The van der Waals surface area contributed by atoms with Gasteiger partial charge < -0.3 is 5.73 Å². The van der Waals surface area contributed by atoms with E-state index in [2.05, 4.69) is 0 Å². The van der Waals surface area contributed by atoms with Gasteiger partial charge in [0.25, 0.3) is 0 Å². The Morgan fingerprint density at radius 2 is 1.55 bits per heavy atom. The van der Waals surface area contributed by atoms with E-state index in [4.69, 9.17) is 28.9 Å². The van der Waals surface area contributed by atoms with Gasteiger partial charge in [-0.3, -0.25) is 4.79 Å². The van der Waals surface area contributed by atoms with Crippen molar-refractivity contribution in [2.45, 2.75) is 20.8 Å². The first-order chi connectivity index (χ1) is 9.31. The highest BCUT2D eigenvalue weighted by atomic mass is 35.5. The molecule has 0 bridgehead atoms. The van der Waals surface area contributed by atoms with Crippen LogP contribution in [0, 0.1) is 20.8 Å². The second-order valence-electron chi connectivity index (χ2n) is 4.97. The number of hydrogen-bond donors (Lipinski definition) is 1. The van der Waals surface area contributed by atoms with Gasteiger partial charge in [-0.1, -0.05) is 40.9 Å². The van der Waals surface area contributed by atoms with Crippen LogP contribution in [-0.2, 0) is 0 Å². The number of carbonyl (C=O) groups is 1. The molecule has 0 heterocycles. The summed E-state index contributed by atoms with van der Waals surface area (Å²) in [4.78, 5) is 12.7. The standard InChI is InChI=1S/C16H15Cl2NO/c1-8-4-9(2)14(10(3)5-8)16(20)12-6-11(19)7-13(17)15(12)18/h4-7H,19H2,1-3H3. The lowest BCUT2D eigenvalue weighted by atomic mass is 9.93. The number of benzene rings is 2. The molecule has 2 rings (SSSR count). The summed E-state index contributed by atoms with van der Waals surface area (Å²) in [6.45, 7) is 5.82. The van der Waals surface area contributed by atoms with Crippen LogP contribution < -0.4 is 5.73 Å². The zero-order chi connectivity index (χ0) is 15.0. The first-order valence-corrected chi connectivity index (χ1v) is 6.94. The fourth-order valence-electron chi connectivity index (χ4n) is 2.45. The summed E-state index contributed by atoms with van der Waals surface area (Å²) >= 11 is 12.1. The molecule has 20 heavy (non-hydrogen) atoms. The predicted octanol–water partition coefficient (Wildman–Crippen LogP) is 4.73. The van der Waals surface area contributed by atoms with Gasteiger partial charge in [0.05, 0.1) is 10.0 Å². The number of rotatable bonds is 2. The Morgan fingerprint density at radius 1 is 1.00 bits per heavy atom. The molecule has 2 aromatic rings. The van der Waals surface area contributed by atoms with Crippen LogP contribution in [-0.4, -0.2) is 5.78 Å². The van der Waals surface area contributed by atoms with E-state index in [9.17, 15) is 4.79 Å². The van der Waals surface area contributed by atoms with Crippen LogP contribution in [0.5, 0.6) is 0 Å². The summed E-state index contributed by atoms with van der Waals surface area (Å²) in [5, 5.41) is 0.530. The van der Waals surface area contributed by atoms with Gasteiger partial charge in [-0.25, -0.2) is 0 Å². The minimum absolute atomic E-state index is 0.154. The molecule has 0 saturated carbocycles. The van der Waals surface area contributed by atoms with Crippen LogP contribution in [0.2, 0.25) is 10.0 Å². The van der Waals surface area contributed by atoms with E-state index in [-0.39, 0.29) is 15.8 Å². The van der Waals surface area contributed by atoms with E-state index >= 15 is 0 Å². The highest BCUT2D eigenvalue weighted by Gasteiger charge is 2.19. The van der Waals surface area contributed by atoms with Gasteiger partial charge in [-0.15, -0.1) is 0 Å². The third-order valence-electron chi connectivity index (χ3n) is 3.20. The first-order valence-electron chi connectivity index (χ1n) is 6.18. The zero-order valence-corrected chi connectivity index (χ0v) is 13.1. The highest BCUT2D eigenvalue weighted by molar-refractivity contribution is 6.44. The van der Waals surface area contributed by atoms with E-state index in [1.165, 1.54) is 6.07 Å². The van der Waals surface area contributed by atoms with Crippen LogP contribution in [0.15, 0.2) is 24.3 Å². The maximum atomic E-state index is 12.7. The summed E-state index contributed by atoms with van der Waals surface area (Å²) in [6, 6.07) is 7.05.